The maximum absolute atomic E-state index is 14.4. The van der Waals surface area contributed by atoms with Crippen LogP contribution in [0.3, 0.4) is 0 Å². The van der Waals surface area contributed by atoms with Crippen molar-refractivity contribution in [3.63, 3.8) is 0 Å². The lowest BCUT2D eigenvalue weighted by atomic mass is 10.3. The van der Waals surface area contributed by atoms with Gasteiger partial charge in [-0.25, -0.2) is 4.57 Å². The zero-order valence-electron chi connectivity index (χ0n) is 18.2. The van der Waals surface area contributed by atoms with Crippen LogP contribution in [-0.2, 0) is 17.8 Å². The van der Waals surface area contributed by atoms with E-state index in [1.54, 1.807) is 28.6 Å². The molecule has 0 aliphatic carbocycles. The number of para-hydroxylation sites is 2. The highest BCUT2D eigenvalue weighted by molar-refractivity contribution is 7.54. The molecule has 2 aromatic carbocycles. The number of rotatable bonds is 14. The van der Waals surface area contributed by atoms with E-state index < -0.39 is 16.7 Å². The van der Waals surface area contributed by atoms with Gasteiger partial charge in [-0.05, 0) is 51.5 Å². The molecular weight excluding hydrogens is 421 g/mol. The molecule has 0 fully saturated rings. The molecule has 2 rings (SSSR count). The Kier molecular flexibility index (Phi) is 10.0. The maximum Gasteiger partial charge on any atom is 0.611 e. The van der Waals surface area contributed by atoms with E-state index in [4.69, 9.17) is 22.3 Å². The van der Waals surface area contributed by atoms with Gasteiger partial charge >= 0.3 is 16.7 Å². The Morgan fingerprint density at radius 3 is 1.47 bits per heavy atom. The van der Waals surface area contributed by atoms with Crippen molar-refractivity contribution in [1.82, 2.24) is 4.34 Å². The van der Waals surface area contributed by atoms with Crippen LogP contribution in [0.2, 0.25) is 0 Å². The van der Waals surface area contributed by atoms with Crippen molar-refractivity contribution < 1.29 is 26.9 Å². The first-order chi connectivity index (χ1) is 14.5. The fourth-order valence-corrected chi connectivity index (χ4v) is 8.57. The minimum absolute atomic E-state index is 0.336. The molecule has 0 N–H and O–H groups in total. The summed E-state index contributed by atoms with van der Waals surface area (Å²) in [6, 6.07) is 17.9. The summed E-state index contributed by atoms with van der Waals surface area (Å²) in [7, 11) is -7.55. The Hall–Kier alpha value is -1.67. The van der Waals surface area contributed by atoms with Crippen molar-refractivity contribution in [2.24, 2.45) is 0 Å². The molecule has 0 aliphatic heterocycles. The van der Waals surface area contributed by atoms with Gasteiger partial charge in [-0.3, -0.25) is 0 Å². The third-order valence-corrected chi connectivity index (χ3v) is 9.92. The molecule has 166 valence electrons. The minimum atomic E-state index is -3.98. The van der Waals surface area contributed by atoms with Gasteiger partial charge in [-0.15, -0.1) is 4.34 Å². The third kappa shape index (κ3) is 6.41. The van der Waals surface area contributed by atoms with Crippen molar-refractivity contribution in [1.29, 1.82) is 0 Å². The van der Waals surface area contributed by atoms with Gasteiger partial charge in [0.25, 0.3) is 0 Å². The first-order valence-corrected chi connectivity index (χ1v) is 13.5. The molecule has 0 bridgehead atoms. The summed E-state index contributed by atoms with van der Waals surface area (Å²) >= 11 is 0. The van der Waals surface area contributed by atoms with Crippen molar-refractivity contribution >= 4 is 16.7 Å². The molecule has 9 heteroatoms. The second kappa shape index (κ2) is 12.2. The van der Waals surface area contributed by atoms with Crippen LogP contribution in [0.5, 0.6) is 11.5 Å². The van der Waals surface area contributed by atoms with Gasteiger partial charge in [0.1, 0.15) is 11.5 Å². The van der Waals surface area contributed by atoms with Crippen LogP contribution in [-0.4, -0.2) is 39.7 Å². The quantitative estimate of drug-likeness (QED) is 0.276. The van der Waals surface area contributed by atoms with Gasteiger partial charge in [-0.2, -0.15) is 0 Å². The van der Waals surface area contributed by atoms with Gasteiger partial charge in [0.15, 0.2) is 0 Å². The number of nitrogens with zero attached hydrogens (tertiary/aromatic N) is 1. The van der Waals surface area contributed by atoms with Crippen LogP contribution < -0.4 is 9.05 Å². The van der Waals surface area contributed by atoms with Crippen LogP contribution in [0.15, 0.2) is 60.7 Å². The summed E-state index contributed by atoms with van der Waals surface area (Å²) in [6.45, 7) is 8.89. The van der Waals surface area contributed by atoms with Crippen LogP contribution in [0.25, 0.3) is 0 Å². The van der Waals surface area contributed by atoms with Gasteiger partial charge in [-0.1, -0.05) is 43.3 Å². The lowest BCUT2D eigenvalue weighted by molar-refractivity contribution is 0.0323. The van der Waals surface area contributed by atoms with Crippen molar-refractivity contribution in [2.75, 3.05) is 26.4 Å². The van der Waals surface area contributed by atoms with E-state index in [-0.39, 0.29) is 0 Å². The zero-order valence-corrected chi connectivity index (χ0v) is 20.0. The van der Waals surface area contributed by atoms with Crippen LogP contribution in [0.1, 0.15) is 34.1 Å². The number of benzene rings is 2. The Morgan fingerprint density at radius 2 is 1.13 bits per heavy atom. The highest BCUT2D eigenvalue weighted by Gasteiger charge is 2.59. The molecule has 0 amide bonds. The SMILES string of the molecule is CCCN([Si](OCC)(OCC)OCC)P(=O)(Oc1ccccc1)Oc1ccccc1. The van der Waals surface area contributed by atoms with Gasteiger partial charge in [0, 0.05) is 26.4 Å². The monoisotopic (exact) mass is 453 g/mol. The summed E-state index contributed by atoms with van der Waals surface area (Å²) in [6.07, 6.45) is 0.669. The Morgan fingerprint density at radius 1 is 0.733 bits per heavy atom. The van der Waals surface area contributed by atoms with Crippen molar-refractivity contribution in [2.45, 2.75) is 34.1 Å². The van der Waals surface area contributed by atoms with E-state index in [2.05, 4.69) is 0 Å². The first-order valence-electron chi connectivity index (χ1n) is 10.3. The Bertz CT molecular complexity index is 717. The standard InChI is InChI=1S/C21H32NO6PSi/c1-5-19-22(30(24-6-2,25-7-3)26-8-4)29(23,27-20-15-11-9-12-16-20)28-21-17-13-10-14-18-21/h9-18H,5-8,19H2,1-4H3. The molecule has 0 atom stereocenters. The molecule has 0 heterocycles. The highest BCUT2D eigenvalue weighted by atomic mass is 31.2. The fraction of sp³-hybridized carbons (Fsp3) is 0.429. The van der Waals surface area contributed by atoms with Crippen LogP contribution >= 0.6 is 7.75 Å². The van der Waals surface area contributed by atoms with Crippen LogP contribution in [0.4, 0.5) is 0 Å². The molecule has 0 aliphatic rings. The molecule has 0 radical (unpaired) electrons. The van der Waals surface area contributed by atoms with E-state index in [0.717, 1.165) is 0 Å². The molecule has 0 saturated heterocycles. The molecule has 0 aromatic heterocycles. The van der Waals surface area contributed by atoms with Gasteiger partial charge in [0.2, 0.25) is 0 Å². The topological polar surface area (TPSA) is 66.5 Å². The summed E-state index contributed by atoms with van der Waals surface area (Å²) in [4.78, 5) is 0. The second-order valence-corrected chi connectivity index (χ2v) is 10.8. The van der Waals surface area contributed by atoms with Crippen molar-refractivity contribution in [3.05, 3.63) is 60.7 Å². The second-order valence-electron chi connectivity index (χ2n) is 6.22. The van der Waals surface area contributed by atoms with E-state index in [0.29, 0.717) is 44.3 Å². The average molecular weight is 454 g/mol. The van der Waals surface area contributed by atoms with Gasteiger partial charge in [0.05, 0.1) is 0 Å². The molecular formula is C21H32NO6PSi. The smallest absolute Gasteiger partial charge is 0.405 e. The summed E-state index contributed by atoms with van der Waals surface area (Å²) in [5.74, 6) is 0.843. The summed E-state index contributed by atoms with van der Waals surface area (Å²) < 4.78 is 46.1. The van der Waals surface area contributed by atoms with Crippen LogP contribution in [0, 0.1) is 0 Å². The lowest BCUT2D eigenvalue weighted by Crippen LogP contribution is -2.60. The zero-order chi connectivity index (χ0) is 21.9. The number of hydrogen-bond donors (Lipinski definition) is 0. The van der Waals surface area contributed by atoms with E-state index in [9.17, 15) is 4.57 Å². The Balaban J connectivity index is 2.57. The highest BCUT2D eigenvalue weighted by Crippen LogP contribution is 2.54. The predicted octanol–water partition coefficient (Wildman–Crippen LogP) is 5.51. The minimum Gasteiger partial charge on any atom is -0.405 e. The normalized spacial score (nSPS) is 12.2. The van der Waals surface area contributed by atoms with E-state index >= 15 is 0 Å². The van der Waals surface area contributed by atoms with E-state index in [1.807, 2.05) is 64.1 Å². The predicted molar refractivity (Wildman–Crippen MR) is 119 cm³/mol. The molecule has 0 unspecified atom stereocenters. The van der Waals surface area contributed by atoms with E-state index in [1.165, 1.54) is 0 Å². The lowest BCUT2D eigenvalue weighted by Gasteiger charge is -2.39. The summed E-state index contributed by atoms with van der Waals surface area (Å²) in [5.41, 5.74) is 0. The largest absolute Gasteiger partial charge is 0.611 e. The first kappa shape index (κ1) is 24.6. The third-order valence-electron chi connectivity index (χ3n) is 3.96. The molecule has 7 nitrogen and oxygen atoms in total. The fourth-order valence-electron chi connectivity index (χ4n) is 2.86. The Labute approximate surface area is 180 Å². The average Bonchev–Trinajstić information content (AvgIpc) is 2.74. The maximum atomic E-state index is 14.4. The van der Waals surface area contributed by atoms with Gasteiger partial charge < -0.3 is 22.3 Å². The number of hydrogen-bond acceptors (Lipinski definition) is 6. The molecule has 0 saturated carbocycles. The molecule has 0 spiro atoms. The molecule has 30 heavy (non-hydrogen) atoms. The van der Waals surface area contributed by atoms with Crippen molar-refractivity contribution in [3.8, 4) is 11.5 Å². The molecule has 2 aromatic rings. The summed E-state index contributed by atoms with van der Waals surface area (Å²) in [5, 5.41) is 0.